The topological polar surface area (TPSA) is 51.0 Å². The zero-order chi connectivity index (χ0) is 14.7. The Bertz CT molecular complexity index is 611. The fourth-order valence-electron chi connectivity index (χ4n) is 2.63. The molecule has 0 radical (unpaired) electrons. The predicted octanol–water partition coefficient (Wildman–Crippen LogP) is 3.49. The Labute approximate surface area is 127 Å². The highest BCUT2D eigenvalue weighted by Crippen LogP contribution is 2.20. The summed E-state index contributed by atoms with van der Waals surface area (Å²) < 4.78 is 18.2. The number of halogens is 2. The average Bonchev–Trinajstić information content (AvgIpc) is 3.11. The molecule has 1 aliphatic carbocycles. The Morgan fingerprint density at radius 1 is 1.33 bits per heavy atom. The molecule has 112 valence electrons. The van der Waals surface area contributed by atoms with E-state index >= 15 is 0 Å². The Hall–Kier alpha value is -1.46. The van der Waals surface area contributed by atoms with E-state index in [0.717, 1.165) is 5.56 Å². The largest absolute Gasteiger partial charge is 0.338 e. The van der Waals surface area contributed by atoms with Crippen LogP contribution in [0.1, 0.15) is 43.0 Å². The van der Waals surface area contributed by atoms with Gasteiger partial charge in [-0.1, -0.05) is 35.7 Å². The van der Waals surface area contributed by atoms with Crippen molar-refractivity contribution in [3.05, 3.63) is 46.3 Å². The molecule has 0 aliphatic heterocycles. The van der Waals surface area contributed by atoms with Crippen molar-refractivity contribution in [2.24, 2.45) is 0 Å². The summed E-state index contributed by atoms with van der Waals surface area (Å²) in [5.74, 6) is 0.792. The van der Waals surface area contributed by atoms with Crippen molar-refractivity contribution < 1.29 is 8.91 Å². The number of hydrogen-bond donors (Lipinski definition) is 1. The molecule has 1 heterocycles. The first-order valence-electron chi connectivity index (χ1n) is 7.19. The maximum atomic E-state index is 13.0. The number of benzene rings is 1. The maximum absolute atomic E-state index is 13.0. The van der Waals surface area contributed by atoms with Gasteiger partial charge in [0, 0.05) is 17.5 Å². The Morgan fingerprint density at radius 2 is 2.14 bits per heavy atom. The summed E-state index contributed by atoms with van der Waals surface area (Å²) in [7, 11) is 0. The third-order valence-electron chi connectivity index (χ3n) is 3.77. The highest BCUT2D eigenvalue weighted by molar-refractivity contribution is 6.31. The Morgan fingerprint density at radius 3 is 2.90 bits per heavy atom. The normalized spacial score (nSPS) is 15.7. The highest BCUT2D eigenvalue weighted by Gasteiger charge is 2.16. The molecule has 1 aromatic heterocycles. The Kier molecular flexibility index (Phi) is 4.51. The summed E-state index contributed by atoms with van der Waals surface area (Å²) in [6.45, 7) is 0.592. The van der Waals surface area contributed by atoms with Crippen molar-refractivity contribution in [1.29, 1.82) is 0 Å². The van der Waals surface area contributed by atoms with Gasteiger partial charge in [0.05, 0.1) is 6.54 Å². The number of aromatic nitrogens is 2. The van der Waals surface area contributed by atoms with E-state index in [1.165, 1.54) is 37.8 Å². The summed E-state index contributed by atoms with van der Waals surface area (Å²) >= 11 is 5.99. The zero-order valence-electron chi connectivity index (χ0n) is 11.6. The van der Waals surface area contributed by atoms with Gasteiger partial charge in [0.15, 0.2) is 5.82 Å². The van der Waals surface area contributed by atoms with Gasteiger partial charge >= 0.3 is 0 Å². The van der Waals surface area contributed by atoms with E-state index in [9.17, 15) is 4.39 Å². The van der Waals surface area contributed by atoms with Gasteiger partial charge in [-0.15, -0.1) is 0 Å². The number of nitrogens with zero attached hydrogens (tertiary/aromatic N) is 2. The summed E-state index contributed by atoms with van der Waals surface area (Å²) in [5, 5.41) is 7.74. The predicted molar refractivity (Wildman–Crippen MR) is 77.6 cm³/mol. The van der Waals surface area contributed by atoms with Crippen molar-refractivity contribution in [2.45, 2.75) is 44.7 Å². The molecule has 2 aromatic rings. The lowest BCUT2D eigenvalue weighted by Gasteiger charge is -2.08. The van der Waals surface area contributed by atoms with E-state index in [4.69, 9.17) is 16.1 Å². The van der Waals surface area contributed by atoms with Gasteiger partial charge in [-0.2, -0.15) is 4.98 Å². The second-order valence-corrected chi connectivity index (χ2v) is 5.79. The van der Waals surface area contributed by atoms with Gasteiger partial charge in [0.1, 0.15) is 5.82 Å². The summed E-state index contributed by atoms with van der Waals surface area (Å²) in [4.78, 5) is 4.34. The molecular formula is C15H17ClFN3O. The molecule has 6 heteroatoms. The van der Waals surface area contributed by atoms with Crippen molar-refractivity contribution >= 4 is 11.6 Å². The first kappa shape index (κ1) is 14.5. The van der Waals surface area contributed by atoms with Crippen LogP contribution in [0.15, 0.2) is 22.7 Å². The van der Waals surface area contributed by atoms with Gasteiger partial charge in [0.2, 0.25) is 5.89 Å². The van der Waals surface area contributed by atoms with Crippen LogP contribution in [0, 0.1) is 5.82 Å². The van der Waals surface area contributed by atoms with E-state index in [0.29, 0.717) is 35.7 Å². The molecule has 4 nitrogen and oxygen atoms in total. The number of hydrogen-bond acceptors (Lipinski definition) is 4. The minimum Gasteiger partial charge on any atom is -0.338 e. The standard InChI is InChI=1S/C15H17ClFN3O/c16-13-8-11(17)6-5-10(13)7-14-19-15(21-20-14)9-18-12-3-1-2-4-12/h5-6,8,12,18H,1-4,7,9H2. The van der Waals surface area contributed by atoms with Gasteiger partial charge < -0.3 is 9.84 Å². The van der Waals surface area contributed by atoms with Crippen LogP contribution in [0.4, 0.5) is 4.39 Å². The monoisotopic (exact) mass is 309 g/mol. The first-order chi connectivity index (χ1) is 10.2. The summed E-state index contributed by atoms with van der Waals surface area (Å²) in [6.07, 6.45) is 5.44. The van der Waals surface area contributed by atoms with E-state index in [-0.39, 0.29) is 5.82 Å². The van der Waals surface area contributed by atoms with E-state index in [1.807, 2.05) is 0 Å². The quantitative estimate of drug-likeness (QED) is 0.918. The van der Waals surface area contributed by atoms with Crippen molar-refractivity contribution in [1.82, 2.24) is 15.5 Å². The molecule has 1 N–H and O–H groups in total. The molecule has 0 unspecified atom stereocenters. The molecule has 21 heavy (non-hydrogen) atoms. The molecule has 3 rings (SSSR count). The van der Waals surface area contributed by atoms with Gasteiger partial charge in [-0.25, -0.2) is 4.39 Å². The maximum Gasteiger partial charge on any atom is 0.240 e. The fourth-order valence-corrected chi connectivity index (χ4v) is 2.86. The van der Waals surface area contributed by atoms with Crippen LogP contribution in [0.5, 0.6) is 0 Å². The number of nitrogens with one attached hydrogen (secondary N) is 1. The Balaban J connectivity index is 1.59. The molecule has 0 atom stereocenters. The summed E-state index contributed by atoms with van der Waals surface area (Å²) in [5.41, 5.74) is 0.786. The van der Waals surface area contributed by atoms with Crippen LogP contribution >= 0.6 is 11.6 Å². The van der Waals surface area contributed by atoms with Gasteiger partial charge in [-0.3, -0.25) is 0 Å². The average molecular weight is 310 g/mol. The van der Waals surface area contributed by atoms with Gasteiger partial charge in [-0.05, 0) is 30.5 Å². The third kappa shape index (κ3) is 3.80. The molecule has 0 amide bonds. The smallest absolute Gasteiger partial charge is 0.240 e. The second-order valence-electron chi connectivity index (χ2n) is 5.38. The van der Waals surface area contributed by atoms with Crippen molar-refractivity contribution in [3.8, 4) is 0 Å². The lowest BCUT2D eigenvalue weighted by molar-refractivity contribution is 0.353. The second kappa shape index (κ2) is 6.54. The van der Waals surface area contributed by atoms with Crippen LogP contribution in [0.3, 0.4) is 0 Å². The fraction of sp³-hybridized carbons (Fsp3) is 0.467. The molecule has 1 aromatic carbocycles. The first-order valence-corrected chi connectivity index (χ1v) is 7.57. The van der Waals surface area contributed by atoms with E-state index in [2.05, 4.69) is 15.5 Å². The van der Waals surface area contributed by atoms with E-state index in [1.54, 1.807) is 6.07 Å². The molecule has 0 bridgehead atoms. The highest BCUT2D eigenvalue weighted by atomic mass is 35.5. The van der Waals surface area contributed by atoms with Crippen LogP contribution in [-0.2, 0) is 13.0 Å². The molecule has 0 spiro atoms. The van der Waals surface area contributed by atoms with Crippen LogP contribution < -0.4 is 5.32 Å². The molecular weight excluding hydrogens is 293 g/mol. The third-order valence-corrected chi connectivity index (χ3v) is 4.12. The lowest BCUT2D eigenvalue weighted by Crippen LogP contribution is -2.25. The molecule has 1 aliphatic rings. The summed E-state index contributed by atoms with van der Waals surface area (Å²) in [6, 6.07) is 4.88. The molecule has 1 saturated carbocycles. The van der Waals surface area contributed by atoms with Crippen LogP contribution in [0.25, 0.3) is 0 Å². The van der Waals surface area contributed by atoms with Crippen LogP contribution in [0.2, 0.25) is 5.02 Å². The van der Waals surface area contributed by atoms with Crippen molar-refractivity contribution in [3.63, 3.8) is 0 Å². The van der Waals surface area contributed by atoms with Crippen LogP contribution in [-0.4, -0.2) is 16.2 Å². The zero-order valence-corrected chi connectivity index (χ0v) is 12.4. The molecule has 1 fully saturated rings. The lowest BCUT2D eigenvalue weighted by atomic mass is 10.1. The SMILES string of the molecule is Fc1ccc(Cc2noc(CNC3CCCC3)n2)c(Cl)c1. The van der Waals surface area contributed by atoms with E-state index < -0.39 is 0 Å². The number of rotatable bonds is 5. The molecule has 0 saturated heterocycles. The minimum atomic E-state index is -0.349. The van der Waals surface area contributed by atoms with Crippen molar-refractivity contribution in [2.75, 3.05) is 0 Å². The van der Waals surface area contributed by atoms with Gasteiger partial charge in [0.25, 0.3) is 0 Å². The minimum absolute atomic E-state index is 0.349.